The second-order valence-corrected chi connectivity index (χ2v) is 14.4. The van der Waals surface area contributed by atoms with Crippen molar-refractivity contribution in [2.45, 2.75) is 118 Å². The van der Waals surface area contributed by atoms with E-state index in [1.165, 1.54) is 64.2 Å². The number of hydrogen-bond donors (Lipinski definition) is 1. The van der Waals surface area contributed by atoms with E-state index in [0.29, 0.717) is 46.3 Å². The highest BCUT2D eigenvalue weighted by atomic mass is 16.1. The van der Waals surface area contributed by atoms with E-state index in [0.717, 1.165) is 37.3 Å². The van der Waals surface area contributed by atoms with Gasteiger partial charge in [0, 0.05) is 43.9 Å². The molecule has 0 aliphatic heterocycles. The van der Waals surface area contributed by atoms with E-state index >= 15 is 0 Å². The van der Waals surface area contributed by atoms with Gasteiger partial charge in [-0.3, -0.25) is 4.79 Å². The Balaban J connectivity index is 1.22. The van der Waals surface area contributed by atoms with E-state index in [1.807, 2.05) is 18.7 Å². The zero-order chi connectivity index (χ0) is 25.5. The average Bonchev–Trinajstić information content (AvgIpc) is 3.47. The number of carbonyl (C=O) groups excluding carboxylic acids is 1. The van der Waals surface area contributed by atoms with Gasteiger partial charge in [-0.1, -0.05) is 53.9 Å². The smallest absolute Gasteiger partial charge is 0.136 e. The fraction of sp³-hybridized carbons (Fsp3) is 0.875. The molecule has 1 heterocycles. The van der Waals surface area contributed by atoms with E-state index in [2.05, 4.69) is 49.5 Å². The molecule has 0 aromatic carbocycles. The van der Waals surface area contributed by atoms with Gasteiger partial charge >= 0.3 is 0 Å². The minimum atomic E-state index is 0.351. The van der Waals surface area contributed by atoms with Crippen LogP contribution in [-0.4, -0.2) is 27.9 Å². The van der Waals surface area contributed by atoms with Crippen molar-refractivity contribution >= 4 is 5.78 Å². The molecule has 4 nitrogen and oxygen atoms in total. The fourth-order valence-electron chi connectivity index (χ4n) is 9.96. The number of rotatable bonds is 9. The third-order valence-electron chi connectivity index (χ3n) is 12.0. The van der Waals surface area contributed by atoms with Crippen molar-refractivity contribution in [3.63, 3.8) is 0 Å². The van der Waals surface area contributed by atoms with Crippen LogP contribution in [0.3, 0.4) is 0 Å². The number of aromatic nitrogens is 2. The Morgan fingerprint density at radius 3 is 2.58 bits per heavy atom. The van der Waals surface area contributed by atoms with Gasteiger partial charge in [0.2, 0.25) is 0 Å². The number of Topliss-reactive ketones (excluding diaryl/α,β-unsaturated/α-hetero) is 1. The summed E-state index contributed by atoms with van der Waals surface area (Å²) >= 11 is 0. The maximum atomic E-state index is 13.9. The molecule has 4 heteroatoms. The number of nitrogens with one attached hydrogen (secondary N) is 1. The molecule has 0 bridgehead atoms. The lowest BCUT2D eigenvalue weighted by atomic mass is 9.44. The lowest BCUT2D eigenvalue weighted by Crippen LogP contribution is -2.58. The largest absolute Gasteiger partial charge is 0.336 e. The average molecular weight is 496 g/mol. The predicted octanol–water partition coefficient (Wildman–Crippen LogP) is 7.14. The van der Waals surface area contributed by atoms with Crippen LogP contribution < -0.4 is 5.32 Å². The van der Waals surface area contributed by atoms with Crippen LogP contribution in [0, 0.1) is 52.3 Å². The van der Waals surface area contributed by atoms with Crippen molar-refractivity contribution in [1.29, 1.82) is 0 Å². The monoisotopic (exact) mass is 495 g/mol. The predicted molar refractivity (Wildman–Crippen MR) is 147 cm³/mol. The zero-order valence-corrected chi connectivity index (χ0v) is 23.8. The first-order valence-electron chi connectivity index (χ1n) is 15.4. The van der Waals surface area contributed by atoms with Gasteiger partial charge in [0.25, 0.3) is 0 Å². The first kappa shape index (κ1) is 26.4. The highest BCUT2D eigenvalue weighted by Crippen LogP contribution is 2.67. The lowest BCUT2D eigenvalue weighted by Gasteiger charge is -2.60. The summed E-state index contributed by atoms with van der Waals surface area (Å²) in [5.41, 5.74) is 0.757. The minimum absolute atomic E-state index is 0.351. The van der Waals surface area contributed by atoms with Crippen LogP contribution in [0.4, 0.5) is 0 Å². The molecule has 4 aliphatic rings. The number of imidazole rings is 1. The van der Waals surface area contributed by atoms with Gasteiger partial charge in [0.1, 0.15) is 5.78 Å². The molecule has 1 aromatic heterocycles. The van der Waals surface area contributed by atoms with Gasteiger partial charge in [-0.2, -0.15) is 0 Å². The molecule has 5 rings (SSSR count). The van der Waals surface area contributed by atoms with E-state index in [4.69, 9.17) is 0 Å². The number of carbonyl (C=O) groups is 1. The summed E-state index contributed by atoms with van der Waals surface area (Å²) in [5, 5.41) is 3.82. The van der Waals surface area contributed by atoms with Crippen LogP contribution in [0.15, 0.2) is 18.7 Å². The highest BCUT2D eigenvalue weighted by Gasteiger charge is 2.63. The molecular weight excluding hydrogens is 442 g/mol. The highest BCUT2D eigenvalue weighted by molar-refractivity contribution is 5.83. The van der Waals surface area contributed by atoms with Crippen molar-refractivity contribution in [1.82, 2.24) is 14.9 Å². The van der Waals surface area contributed by atoms with Gasteiger partial charge < -0.3 is 9.88 Å². The second kappa shape index (κ2) is 10.5. The molecule has 3 unspecified atom stereocenters. The topological polar surface area (TPSA) is 46.9 Å². The molecular formula is C32H53N3O. The molecule has 0 radical (unpaired) electrons. The standard InChI is InChI=1S/C32H53N3O/c1-22(2)7-6-8-23(3)26-9-10-27-30-28(12-14-32(26,27)5)31(4)13-11-25(19-24(31)20-29(30)36)34-16-18-35-17-15-33-21-35/h15,17,21-28,30,34H,6-14,16,18-20H2,1-5H3/t23-,24-,25-,26-,27?,28?,30?,31+,32-/m1/s1. The van der Waals surface area contributed by atoms with Crippen molar-refractivity contribution in [3.05, 3.63) is 18.7 Å². The SMILES string of the molecule is CC(C)CCC[C@@H](C)[C@H]1CCC2C3C(=O)C[C@H]4C[C@H](NCCn5ccnc5)CC[C@]4(C)C3CC[C@@]21C. The van der Waals surface area contributed by atoms with E-state index in [9.17, 15) is 4.79 Å². The van der Waals surface area contributed by atoms with Gasteiger partial charge in [-0.15, -0.1) is 0 Å². The Morgan fingerprint density at radius 1 is 1.06 bits per heavy atom. The lowest BCUT2D eigenvalue weighted by molar-refractivity contribution is -0.157. The molecule has 202 valence electrons. The van der Waals surface area contributed by atoms with Crippen LogP contribution in [0.25, 0.3) is 0 Å². The van der Waals surface area contributed by atoms with Crippen molar-refractivity contribution in [3.8, 4) is 0 Å². The molecule has 0 saturated heterocycles. The van der Waals surface area contributed by atoms with Crippen molar-refractivity contribution in [2.75, 3.05) is 6.54 Å². The molecule has 0 spiro atoms. The summed E-state index contributed by atoms with van der Waals surface area (Å²) in [5.74, 6) is 5.28. The zero-order valence-electron chi connectivity index (χ0n) is 23.8. The summed E-state index contributed by atoms with van der Waals surface area (Å²) in [7, 11) is 0. The molecule has 4 fully saturated rings. The number of ketones is 1. The van der Waals surface area contributed by atoms with Gasteiger partial charge in [0.05, 0.1) is 6.33 Å². The third kappa shape index (κ3) is 4.85. The van der Waals surface area contributed by atoms with Gasteiger partial charge in [0.15, 0.2) is 0 Å². The molecule has 9 atom stereocenters. The summed E-state index contributed by atoms with van der Waals surface area (Å²) in [6, 6.07) is 0.562. The normalized spacial score (nSPS) is 41.1. The first-order valence-corrected chi connectivity index (χ1v) is 15.4. The van der Waals surface area contributed by atoms with Crippen molar-refractivity contribution in [2.24, 2.45) is 52.3 Å². The molecule has 0 amide bonds. The van der Waals surface area contributed by atoms with Crippen LogP contribution in [0.1, 0.15) is 105 Å². The van der Waals surface area contributed by atoms with Gasteiger partial charge in [-0.25, -0.2) is 4.98 Å². The molecule has 4 saturated carbocycles. The van der Waals surface area contributed by atoms with Crippen LogP contribution in [-0.2, 0) is 11.3 Å². The quantitative estimate of drug-likeness (QED) is 0.396. The second-order valence-electron chi connectivity index (χ2n) is 14.4. The first-order chi connectivity index (χ1) is 17.2. The minimum Gasteiger partial charge on any atom is -0.336 e. The van der Waals surface area contributed by atoms with Crippen LogP contribution in [0.5, 0.6) is 0 Å². The maximum absolute atomic E-state index is 13.9. The Labute approximate surface area is 220 Å². The molecule has 36 heavy (non-hydrogen) atoms. The summed E-state index contributed by atoms with van der Waals surface area (Å²) in [6.07, 6.45) is 19.8. The summed E-state index contributed by atoms with van der Waals surface area (Å²) < 4.78 is 2.15. The van der Waals surface area contributed by atoms with E-state index in [-0.39, 0.29) is 0 Å². The summed E-state index contributed by atoms with van der Waals surface area (Å²) in [6.45, 7) is 14.4. The Kier molecular flexibility index (Phi) is 7.74. The maximum Gasteiger partial charge on any atom is 0.136 e. The van der Waals surface area contributed by atoms with Crippen molar-refractivity contribution < 1.29 is 4.79 Å². The molecule has 1 N–H and O–H groups in total. The fourth-order valence-corrected chi connectivity index (χ4v) is 9.96. The number of hydrogen-bond acceptors (Lipinski definition) is 3. The third-order valence-corrected chi connectivity index (χ3v) is 12.0. The van der Waals surface area contributed by atoms with Crippen LogP contribution >= 0.6 is 0 Å². The van der Waals surface area contributed by atoms with E-state index < -0.39 is 0 Å². The Bertz CT molecular complexity index is 880. The Morgan fingerprint density at radius 2 is 1.83 bits per heavy atom. The summed E-state index contributed by atoms with van der Waals surface area (Å²) in [4.78, 5) is 18.0. The van der Waals surface area contributed by atoms with Crippen LogP contribution in [0.2, 0.25) is 0 Å². The molecule has 4 aliphatic carbocycles. The Hall–Kier alpha value is -1.16. The molecule has 1 aromatic rings. The van der Waals surface area contributed by atoms with Gasteiger partial charge in [-0.05, 0) is 91.3 Å². The number of fused-ring (bicyclic) bond motifs is 5. The van der Waals surface area contributed by atoms with E-state index in [1.54, 1.807) is 0 Å². The number of nitrogens with zero attached hydrogens (tertiary/aromatic N) is 2.